The normalized spacial score (nSPS) is 14.9. The number of hydrogen-bond acceptors (Lipinski definition) is 13. The molecule has 0 spiro atoms. The minimum atomic E-state index is -4.94. The minimum absolute atomic E-state index is 0.0419. The quantitative estimate of drug-likeness (QED) is 0.100. The molecule has 0 saturated heterocycles. The Labute approximate surface area is 276 Å². The number of imidazole rings is 1. The van der Waals surface area contributed by atoms with Gasteiger partial charge in [0.1, 0.15) is 22.2 Å². The number of nitriles is 1. The van der Waals surface area contributed by atoms with Crippen LogP contribution < -0.4 is 5.43 Å². The van der Waals surface area contributed by atoms with Crippen molar-refractivity contribution in [3.05, 3.63) is 84.2 Å². The maximum Gasteiger partial charge on any atom is 0.296 e. The van der Waals surface area contributed by atoms with Gasteiger partial charge in [-0.1, -0.05) is 18.2 Å². The van der Waals surface area contributed by atoms with Crippen molar-refractivity contribution < 1.29 is 43.7 Å². The number of rotatable bonds is 7. The first-order chi connectivity index (χ1) is 23.0. The molecule has 17 nitrogen and oxygen atoms in total. The van der Waals surface area contributed by atoms with Gasteiger partial charge >= 0.3 is 0 Å². The lowest BCUT2D eigenvalue weighted by Gasteiger charge is -2.17. The van der Waals surface area contributed by atoms with Crippen molar-refractivity contribution in [1.29, 1.82) is 5.26 Å². The van der Waals surface area contributed by atoms with E-state index in [2.05, 4.69) is 31.8 Å². The zero-order valence-corrected chi connectivity index (χ0v) is 27.0. The number of anilines is 1. The van der Waals surface area contributed by atoms with E-state index in [1.54, 1.807) is 24.3 Å². The molecule has 5 aromatic rings. The number of hydrazone groups is 1. The lowest BCUT2D eigenvalue weighted by molar-refractivity contribution is 0.0992. The van der Waals surface area contributed by atoms with E-state index in [0.29, 0.717) is 23.2 Å². The second-order valence-electron chi connectivity index (χ2n) is 10.3. The van der Waals surface area contributed by atoms with Crippen molar-refractivity contribution in [2.24, 2.45) is 15.3 Å². The fraction of sp³-hybridized carbons (Fsp3) is 0.0345. The van der Waals surface area contributed by atoms with Crippen LogP contribution in [0.3, 0.4) is 0 Å². The molecule has 0 unspecified atom stereocenters. The van der Waals surface area contributed by atoms with Crippen LogP contribution in [0.2, 0.25) is 0 Å². The Balaban J connectivity index is 1.48. The summed E-state index contributed by atoms with van der Waals surface area (Å²) in [5.41, 5.74) is 3.13. The predicted molar refractivity (Wildman–Crippen MR) is 174 cm³/mol. The van der Waals surface area contributed by atoms with Crippen molar-refractivity contribution in [2.75, 3.05) is 5.43 Å². The van der Waals surface area contributed by atoms with Crippen molar-refractivity contribution in [2.45, 2.75) is 21.6 Å². The summed E-state index contributed by atoms with van der Waals surface area (Å²) in [6.45, 7) is 1.51. The fourth-order valence-electron chi connectivity index (χ4n) is 5.05. The van der Waals surface area contributed by atoms with Crippen LogP contribution in [0.25, 0.3) is 27.4 Å². The average Bonchev–Trinajstić information content (AvgIpc) is 3.42. The first kappa shape index (κ1) is 33.2. The van der Waals surface area contributed by atoms with E-state index in [4.69, 9.17) is 0 Å². The summed E-state index contributed by atoms with van der Waals surface area (Å²) >= 11 is 0. The summed E-state index contributed by atoms with van der Waals surface area (Å²) in [5.74, 6) is -0.467. The Bertz CT molecular complexity index is 2760. The molecule has 1 aromatic heterocycles. The second-order valence-corrected chi connectivity index (χ2v) is 14.6. The van der Waals surface area contributed by atoms with Gasteiger partial charge in [-0.3, -0.25) is 28.4 Å². The molecule has 0 aliphatic carbocycles. The summed E-state index contributed by atoms with van der Waals surface area (Å²) < 4.78 is 101. The number of carbonyl (C=O) groups excluding carboxylic acids is 1. The first-order valence-electron chi connectivity index (χ1n) is 13.5. The molecule has 0 fully saturated rings. The van der Waals surface area contributed by atoms with Crippen molar-refractivity contribution in [3.63, 3.8) is 0 Å². The van der Waals surface area contributed by atoms with Crippen LogP contribution in [-0.4, -0.2) is 60.1 Å². The zero-order chi connectivity index (χ0) is 35.5. The Morgan fingerprint density at radius 1 is 0.796 bits per heavy atom. The smallest absolute Gasteiger partial charge is 0.282 e. The number of aromatic nitrogens is 2. The third-order valence-corrected chi connectivity index (χ3v) is 9.96. The lowest BCUT2D eigenvalue weighted by atomic mass is 10.0. The molecule has 0 bridgehead atoms. The maximum absolute atomic E-state index is 13.6. The van der Waals surface area contributed by atoms with E-state index in [1.807, 2.05) is 0 Å². The highest BCUT2D eigenvalue weighted by atomic mass is 32.2. The standard InChI is InChI=1S/C29H19N7O10S3/c1-15-20(14-30)28-31-23-4-2-3-5-25(23)36(28)29(37)27(15)35-33-22-10-9-21(18-8-6-16(12-19(18)22)47(38,39)40)32-34-24-13-17(48(41,42)43)7-11-26(24)49(44,45)46/h2-13,33H,1H3,(H,38,39,40)(H,41,42,43)(H,44,45,46)/b34-32?,35-27+. The second kappa shape index (κ2) is 11.8. The molecular formula is C29H19N7O10S3. The molecule has 0 atom stereocenters. The maximum atomic E-state index is 13.6. The molecule has 248 valence electrons. The number of para-hydroxylation sites is 2. The van der Waals surface area contributed by atoms with E-state index >= 15 is 0 Å². The van der Waals surface area contributed by atoms with E-state index in [9.17, 15) is 49.0 Å². The van der Waals surface area contributed by atoms with Gasteiger partial charge in [0.05, 0.1) is 32.2 Å². The summed E-state index contributed by atoms with van der Waals surface area (Å²) in [6.07, 6.45) is 0. The largest absolute Gasteiger partial charge is 0.296 e. The Hall–Kier alpha value is -5.69. The lowest BCUT2D eigenvalue weighted by Crippen LogP contribution is -2.30. The third kappa shape index (κ3) is 6.08. The predicted octanol–water partition coefficient (Wildman–Crippen LogP) is 4.76. The van der Waals surface area contributed by atoms with Crippen LogP contribution in [-0.2, 0) is 30.4 Å². The topological polar surface area (TPSA) is 271 Å². The molecule has 6 rings (SSSR count). The van der Waals surface area contributed by atoms with Crippen LogP contribution in [0.15, 0.2) is 108 Å². The van der Waals surface area contributed by atoms with Gasteiger partial charge in [0.2, 0.25) is 0 Å². The highest BCUT2D eigenvalue weighted by Crippen LogP contribution is 2.37. The van der Waals surface area contributed by atoms with Crippen molar-refractivity contribution in [3.8, 4) is 6.07 Å². The SMILES string of the molecule is CC1=C(C#N)c2nc3ccccc3n2C(=O)/C1=N/Nc1ccc(N=Nc2cc(S(=O)(=O)O)ccc2S(=O)(=O)O)c2ccc(S(=O)(=O)O)cc12. The van der Waals surface area contributed by atoms with Crippen LogP contribution in [0.5, 0.6) is 0 Å². The molecule has 0 amide bonds. The molecule has 1 aliphatic rings. The van der Waals surface area contributed by atoms with Gasteiger partial charge in [0.15, 0.2) is 11.5 Å². The van der Waals surface area contributed by atoms with Crippen molar-refractivity contribution >= 4 is 86.4 Å². The molecule has 49 heavy (non-hydrogen) atoms. The molecule has 4 N–H and O–H groups in total. The number of carbonyl (C=O) groups is 1. The number of azo groups is 1. The summed E-state index contributed by atoms with van der Waals surface area (Å²) in [5, 5.41) is 22.1. The highest BCUT2D eigenvalue weighted by molar-refractivity contribution is 7.86. The summed E-state index contributed by atoms with van der Waals surface area (Å²) in [4.78, 5) is 15.9. The molecule has 0 saturated carbocycles. The van der Waals surface area contributed by atoms with Gasteiger partial charge < -0.3 is 0 Å². The Kier molecular flexibility index (Phi) is 7.98. The fourth-order valence-corrected chi connectivity index (χ4v) is 6.66. The minimum Gasteiger partial charge on any atom is -0.282 e. The first-order valence-corrected chi connectivity index (χ1v) is 17.8. The van der Waals surface area contributed by atoms with E-state index in [0.717, 1.165) is 18.2 Å². The van der Waals surface area contributed by atoms with Crippen LogP contribution in [0, 0.1) is 11.3 Å². The number of nitrogens with zero attached hydrogens (tertiary/aromatic N) is 6. The molecular weight excluding hydrogens is 703 g/mol. The third-order valence-electron chi connectivity index (χ3n) is 7.35. The molecule has 20 heteroatoms. The van der Waals surface area contributed by atoms with E-state index in [1.165, 1.54) is 29.7 Å². The number of fused-ring (bicyclic) bond motifs is 4. The number of allylic oxidation sites excluding steroid dienone is 2. The molecule has 4 aromatic carbocycles. The van der Waals surface area contributed by atoms with Gasteiger partial charge in [0, 0.05) is 16.3 Å². The number of hydrogen-bond donors (Lipinski definition) is 4. The zero-order valence-electron chi connectivity index (χ0n) is 24.5. The van der Waals surface area contributed by atoms with Gasteiger partial charge in [-0.2, -0.15) is 35.6 Å². The Morgan fingerprint density at radius 3 is 2.12 bits per heavy atom. The molecule has 1 aliphatic heterocycles. The van der Waals surface area contributed by atoms with Crippen LogP contribution in [0.4, 0.5) is 17.1 Å². The van der Waals surface area contributed by atoms with Crippen LogP contribution >= 0.6 is 0 Å². The molecule has 2 heterocycles. The summed E-state index contributed by atoms with van der Waals surface area (Å²) in [6, 6.07) is 16.9. The monoisotopic (exact) mass is 721 g/mol. The van der Waals surface area contributed by atoms with E-state index in [-0.39, 0.29) is 44.8 Å². The van der Waals surface area contributed by atoms with Crippen LogP contribution in [0.1, 0.15) is 17.5 Å². The van der Waals surface area contributed by atoms with Gasteiger partial charge in [0.25, 0.3) is 36.3 Å². The highest BCUT2D eigenvalue weighted by Gasteiger charge is 2.32. The Morgan fingerprint density at radius 2 is 1.45 bits per heavy atom. The number of benzene rings is 4. The van der Waals surface area contributed by atoms with Gasteiger partial charge in [-0.15, -0.1) is 10.2 Å². The molecule has 0 radical (unpaired) electrons. The average molecular weight is 722 g/mol. The van der Waals surface area contributed by atoms with Gasteiger partial charge in [-0.25, -0.2) is 4.98 Å². The van der Waals surface area contributed by atoms with E-state index < -0.39 is 56.6 Å². The van der Waals surface area contributed by atoms with Gasteiger partial charge in [-0.05, 0) is 61.5 Å². The number of nitrogens with one attached hydrogen (secondary N) is 1. The van der Waals surface area contributed by atoms with Crippen molar-refractivity contribution in [1.82, 2.24) is 9.55 Å². The summed E-state index contributed by atoms with van der Waals surface area (Å²) in [7, 11) is -14.5.